The maximum Gasteiger partial charge on any atom is 0.165 e. The summed E-state index contributed by atoms with van der Waals surface area (Å²) in [6.07, 6.45) is 0. The first kappa shape index (κ1) is 13.2. The molecule has 0 unspecified atom stereocenters. The zero-order chi connectivity index (χ0) is 13.7. The highest BCUT2D eigenvalue weighted by molar-refractivity contribution is 5.42. The molecule has 0 aliphatic carbocycles. The van der Waals surface area contributed by atoms with Crippen molar-refractivity contribution >= 4 is 0 Å². The Labute approximate surface area is 111 Å². The fourth-order valence-corrected chi connectivity index (χ4v) is 1.69. The first-order chi connectivity index (χ1) is 9.24. The van der Waals surface area contributed by atoms with E-state index in [1.807, 2.05) is 6.07 Å². The summed E-state index contributed by atoms with van der Waals surface area (Å²) in [5, 5.41) is 0. The number of hydrogen-bond donors (Lipinski definition) is 0. The predicted molar refractivity (Wildman–Crippen MR) is 70.3 cm³/mol. The molecule has 2 aromatic carbocycles. The van der Waals surface area contributed by atoms with Crippen LogP contribution < -0.4 is 14.2 Å². The van der Waals surface area contributed by atoms with E-state index >= 15 is 0 Å². The SMILES string of the molecule is COc1ccc(COc2ccccc2F)cc1OC. The largest absolute Gasteiger partial charge is 0.493 e. The molecule has 0 N–H and O–H groups in total. The van der Waals surface area contributed by atoms with E-state index in [4.69, 9.17) is 14.2 Å². The molecule has 2 aromatic rings. The van der Waals surface area contributed by atoms with Crippen LogP contribution in [0.4, 0.5) is 4.39 Å². The van der Waals surface area contributed by atoms with Crippen molar-refractivity contribution in [3.8, 4) is 17.2 Å². The number of halogens is 1. The van der Waals surface area contributed by atoms with Crippen LogP contribution in [0.25, 0.3) is 0 Å². The minimum Gasteiger partial charge on any atom is -0.493 e. The maximum absolute atomic E-state index is 13.4. The fourth-order valence-electron chi connectivity index (χ4n) is 1.69. The number of benzene rings is 2. The first-order valence-corrected chi connectivity index (χ1v) is 5.83. The smallest absolute Gasteiger partial charge is 0.165 e. The molecule has 0 aliphatic rings. The summed E-state index contributed by atoms with van der Waals surface area (Å²) in [6.45, 7) is 0.265. The molecule has 0 aliphatic heterocycles. The van der Waals surface area contributed by atoms with Crippen molar-refractivity contribution in [2.24, 2.45) is 0 Å². The molecule has 0 spiro atoms. The van der Waals surface area contributed by atoms with Crippen LogP contribution in [0.5, 0.6) is 17.2 Å². The van der Waals surface area contributed by atoms with Crippen molar-refractivity contribution < 1.29 is 18.6 Å². The topological polar surface area (TPSA) is 27.7 Å². The van der Waals surface area contributed by atoms with Gasteiger partial charge >= 0.3 is 0 Å². The summed E-state index contributed by atoms with van der Waals surface area (Å²) in [7, 11) is 3.15. The molecule has 0 amide bonds. The van der Waals surface area contributed by atoms with Crippen LogP contribution in [0.2, 0.25) is 0 Å². The average molecular weight is 262 g/mol. The van der Waals surface area contributed by atoms with Gasteiger partial charge in [0.1, 0.15) is 6.61 Å². The summed E-state index contributed by atoms with van der Waals surface area (Å²) in [5.74, 6) is 1.13. The van der Waals surface area contributed by atoms with Gasteiger partial charge in [-0.25, -0.2) is 4.39 Å². The van der Waals surface area contributed by atoms with Gasteiger partial charge < -0.3 is 14.2 Å². The van der Waals surface area contributed by atoms with E-state index < -0.39 is 0 Å². The normalized spacial score (nSPS) is 10.1. The number of para-hydroxylation sites is 1. The van der Waals surface area contributed by atoms with Gasteiger partial charge in [-0.15, -0.1) is 0 Å². The van der Waals surface area contributed by atoms with Crippen molar-refractivity contribution in [2.75, 3.05) is 14.2 Å². The second kappa shape index (κ2) is 6.09. The van der Waals surface area contributed by atoms with Crippen molar-refractivity contribution in [2.45, 2.75) is 6.61 Å². The van der Waals surface area contributed by atoms with Crippen molar-refractivity contribution in [3.63, 3.8) is 0 Å². The van der Waals surface area contributed by atoms with Crippen molar-refractivity contribution in [1.82, 2.24) is 0 Å². The van der Waals surface area contributed by atoms with Gasteiger partial charge in [-0.3, -0.25) is 0 Å². The lowest BCUT2D eigenvalue weighted by Crippen LogP contribution is -1.98. The third-order valence-corrected chi connectivity index (χ3v) is 2.68. The van der Waals surface area contributed by atoms with E-state index in [9.17, 15) is 4.39 Å². The van der Waals surface area contributed by atoms with E-state index in [1.165, 1.54) is 6.07 Å². The Bertz CT molecular complexity index is 555. The second-order valence-electron chi connectivity index (χ2n) is 3.91. The van der Waals surface area contributed by atoms with Crippen molar-refractivity contribution in [1.29, 1.82) is 0 Å². The molecule has 19 heavy (non-hydrogen) atoms. The summed E-state index contributed by atoms with van der Waals surface area (Å²) >= 11 is 0. The first-order valence-electron chi connectivity index (χ1n) is 5.83. The lowest BCUT2D eigenvalue weighted by Gasteiger charge is -2.11. The molecule has 0 fully saturated rings. The average Bonchev–Trinajstić information content (AvgIpc) is 2.46. The van der Waals surface area contributed by atoms with Gasteiger partial charge in [0.15, 0.2) is 23.1 Å². The molecule has 0 bridgehead atoms. The maximum atomic E-state index is 13.4. The zero-order valence-corrected chi connectivity index (χ0v) is 10.9. The second-order valence-corrected chi connectivity index (χ2v) is 3.91. The Hall–Kier alpha value is -2.23. The molecule has 0 radical (unpaired) electrons. The highest BCUT2D eigenvalue weighted by atomic mass is 19.1. The summed E-state index contributed by atoms with van der Waals surface area (Å²) in [6, 6.07) is 11.8. The predicted octanol–water partition coefficient (Wildman–Crippen LogP) is 3.42. The quantitative estimate of drug-likeness (QED) is 0.826. The highest BCUT2D eigenvalue weighted by Crippen LogP contribution is 2.28. The van der Waals surface area contributed by atoms with E-state index in [-0.39, 0.29) is 18.2 Å². The van der Waals surface area contributed by atoms with Gasteiger partial charge in [0, 0.05) is 0 Å². The molecule has 0 saturated heterocycles. The van der Waals surface area contributed by atoms with E-state index in [0.29, 0.717) is 11.5 Å². The molecular formula is C15H15FO3. The van der Waals surface area contributed by atoms with Gasteiger partial charge in [-0.1, -0.05) is 18.2 Å². The van der Waals surface area contributed by atoms with Crippen LogP contribution in [-0.2, 0) is 6.61 Å². The monoisotopic (exact) mass is 262 g/mol. The van der Waals surface area contributed by atoms with E-state index in [0.717, 1.165) is 5.56 Å². The van der Waals surface area contributed by atoms with Gasteiger partial charge in [0.2, 0.25) is 0 Å². The standard InChI is InChI=1S/C15H15FO3/c1-17-14-8-7-11(9-15(14)18-2)10-19-13-6-4-3-5-12(13)16/h3-9H,10H2,1-2H3. The lowest BCUT2D eigenvalue weighted by molar-refractivity contribution is 0.288. The minimum atomic E-state index is -0.372. The molecule has 3 nitrogen and oxygen atoms in total. The van der Waals surface area contributed by atoms with Gasteiger partial charge in [-0.05, 0) is 29.8 Å². The molecule has 0 atom stereocenters. The summed E-state index contributed by atoms with van der Waals surface area (Å²) < 4.78 is 29.2. The Morgan fingerprint density at radius 3 is 2.32 bits per heavy atom. The molecule has 2 rings (SSSR count). The highest BCUT2D eigenvalue weighted by Gasteiger charge is 2.06. The van der Waals surface area contributed by atoms with Crippen LogP contribution in [0, 0.1) is 5.82 Å². The van der Waals surface area contributed by atoms with Crippen LogP contribution in [0.1, 0.15) is 5.56 Å². The molecule has 100 valence electrons. The zero-order valence-electron chi connectivity index (χ0n) is 10.9. The number of methoxy groups -OCH3 is 2. The van der Waals surface area contributed by atoms with Gasteiger partial charge in [0.05, 0.1) is 14.2 Å². The summed E-state index contributed by atoms with van der Waals surface area (Å²) in [5.41, 5.74) is 0.876. The van der Waals surface area contributed by atoms with Crippen LogP contribution in [0.3, 0.4) is 0 Å². The molecule has 0 heterocycles. The number of ether oxygens (including phenoxy) is 3. The molecule has 4 heteroatoms. The third kappa shape index (κ3) is 3.16. The van der Waals surface area contributed by atoms with Crippen molar-refractivity contribution in [3.05, 3.63) is 53.8 Å². The fraction of sp³-hybridized carbons (Fsp3) is 0.200. The number of hydrogen-bond acceptors (Lipinski definition) is 3. The third-order valence-electron chi connectivity index (χ3n) is 2.68. The van der Waals surface area contributed by atoms with Crippen LogP contribution >= 0.6 is 0 Å². The Morgan fingerprint density at radius 1 is 0.895 bits per heavy atom. The Morgan fingerprint density at radius 2 is 1.63 bits per heavy atom. The summed E-state index contributed by atoms with van der Waals surface area (Å²) in [4.78, 5) is 0. The van der Waals surface area contributed by atoms with E-state index in [2.05, 4.69) is 0 Å². The van der Waals surface area contributed by atoms with E-state index in [1.54, 1.807) is 44.6 Å². The Balaban J connectivity index is 2.10. The molecule has 0 saturated carbocycles. The van der Waals surface area contributed by atoms with Crippen LogP contribution in [0.15, 0.2) is 42.5 Å². The van der Waals surface area contributed by atoms with Crippen LogP contribution in [-0.4, -0.2) is 14.2 Å². The number of rotatable bonds is 5. The lowest BCUT2D eigenvalue weighted by atomic mass is 10.2. The molecular weight excluding hydrogens is 247 g/mol. The minimum absolute atomic E-state index is 0.234. The molecule has 0 aromatic heterocycles. The van der Waals surface area contributed by atoms with Gasteiger partial charge in [0.25, 0.3) is 0 Å². The Kier molecular flexibility index (Phi) is 4.23. The van der Waals surface area contributed by atoms with Gasteiger partial charge in [-0.2, -0.15) is 0 Å².